The third-order valence-corrected chi connectivity index (χ3v) is 2.53. The number of nitrogens with zero attached hydrogens (tertiary/aromatic N) is 1. The van der Waals surface area contributed by atoms with E-state index in [1.54, 1.807) is 0 Å². The molecule has 2 rings (SSSR count). The van der Waals surface area contributed by atoms with Crippen LogP contribution in [0, 0.1) is 0 Å². The fourth-order valence-corrected chi connectivity index (χ4v) is 1.55. The highest BCUT2D eigenvalue weighted by molar-refractivity contribution is 5.95. The number of primary amides is 1. The first kappa shape index (κ1) is 14.6. The number of carbonyl (C=O) groups is 1. The molecule has 0 atom stereocenters. The molecule has 0 aliphatic rings. The van der Waals surface area contributed by atoms with Gasteiger partial charge < -0.3 is 16.2 Å². The van der Waals surface area contributed by atoms with E-state index in [0.29, 0.717) is 0 Å². The number of hydrogen-bond donors (Lipinski definition) is 2. The van der Waals surface area contributed by atoms with Crippen LogP contribution >= 0.6 is 0 Å². The van der Waals surface area contributed by atoms with Gasteiger partial charge in [0.2, 0.25) is 5.88 Å². The van der Waals surface area contributed by atoms with Gasteiger partial charge >= 0.3 is 6.18 Å². The zero-order valence-corrected chi connectivity index (χ0v) is 10.5. The molecule has 0 aliphatic carbocycles. The second kappa shape index (κ2) is 5.31. The van der Waals surface area contributed by atoms with Crippen molar-refractivity contribution in [3.05, 3.63) is 47.7 Å². The van der Waals surface area contributed by atoms with Gasteiger partial charge in [0, 0.05) is 0 Å². The Labute approximate surface area is 117 Å². The summed E-state index contributed by atoms with van der Waals surface area (Å²) in [5, 5.41) is 0. The van der Waals surface area contributed by atoms with Crippen LogP contribution in [0.15, 0.2) is 36.5 Å². The van der Waals surface area contributed by atoms with E-state index >= 15 is 0 Å². The van der Waals surface area contributed by atoms with Crippen LogP contribution in [0.1, 0.15) is 15.9 Å². The smallest absolute Gasteiger partial charge is 0.416 e. The largest absolute Gasteiger partial charge is 0.438 e. The molecule has 0 bridgehead atoms. The topological polar surface area (TPSA) is 91.2 Å². The predicted octanol–water partition coefficient (Wildman–Crippen LogP) is 2.57. The lowest BCUT2D eigenvalue weighted by molar-refractivity contribution is -0.137. The monoisotopic (exact) mass is 297 g/mol. The van der Waals surface area contributed by atoms with Crippen LogP contribution in [0.4, 0.5) is 18.9 Å². The summed E-state index contributed by atoms with van der Waals surface area (Å²) >= 11 is 0. The summed E-state index contributed by atoms with van der Waals surface area (Å²) in [6.45, 7) is 0. The van der Waals surface area contributed by atoms with Crippen molar-refractivity contribution in [3.63, 3.8) is 0 Å². The lowest BCUT2D eigenvalue weighted by atomic mass is 10.2. The summed E-state index contributed by atoms with van der Waals surface area (Å²) in [5.74, 6) is -0.851. The molecule has 0 saturated heterocycles. The van der Waals surface area contributed by atoms with Gasteiger partial charge in [0.05, 0.1) is 17.4 Å². The van der Waals surface area contributed by atoms with Gasteiger partial charge in [-0.25, -0.2) is 4.98 Å². The van der Waals surface area contributed by atoms with Crippen LogP contribution in [0.5, 0.6) is 11.6 Å². The molecule has 0 fully saturated rings. The van der Waals surface area contributed by atoms with Crippen molar-refractivity contribution in [2.75, 3.05) is 5.73 Å². The van der Waals surface area contributed by atoms with Crippen LogP contribution in [-0.4, -0.2) is 10.9 Å². The quantitative estimate of drug-likeness (QED) is 0.910. The lowest BCUT2D eigenvalue weighted by Crippen LogP contribution is -2.13. The minimum atomic E-state index is -4.43. The molecule has 0 unspecified atom stereocenters. The molecule has 1 aromatic carbocycles. The Bertz CT molecular complexity index is 669. The number of amides is 1. The third-order valence-electron chi connectivity index (χ3n) is 2.53. The molecule has 0 spiro atoms. The minimum Gasteiger partial charge on any atom is -0.438 e. The van der Waals surface area contributed by atoms with Gasteiger partial charge in [-0.1, -0.05) is 0 Å². The molecule has 0 aliphatic heterocycles. The standard InChI is InChI=1S/C13H10F3N3O2/c14-13(15,16)7-1-3-9(4-2-7)21-12-10(11(18)20)5-8(17)6-19-12/h1-6H,17H2,(H2,18,20). The Morgan fingerprint density at radius 2 is 1.81 bits per heavy atom. The number of benzene rings is 1. The van der Waals surface area contributed by atoms with Gasteiger partial charge in [-0.15, -0.1) is 0 Å². The third kappa shape index (κ3) is 3.41. The van der Waals surface area contributed by atoms with Crippen LogP contribution < -0.4 is 16.2 Å². The second-order valence-electron chi connectivity index (χ2n) is 4.11. The van der Waals surface area contributed by atoms with Gasteiger partial charge in [0.25, 0.3) is 5.91 Å². The predicted molar refractivity (Wildman–Crippen MR) is 68.7 cm³/mol. The Morgan fingerprint density at radius 1 is 1.19 bits per heavy atom. The Hall–Kier alpha value is -2.77. The van der Waals surface area contributed by atoms with Crippen LogP contribution in [0.25, 0.3) is 0 Å². The van der Waals surface area contributed by atoms with Gasteiger partial charge in [-0.2, -0.15) is 13.2 Å². The number of hydrogen-bond acceptors (Lipinski definition) is 4. The number of halogens is 3. The number of nitrogens with two attached hydrogens (primary N) is 2. The van der Waals surface area contributed by atoms with Crippen molar-refractivity contribution < 1.29 is 22.7 Å². The maximum Gasteiger partial charge on any atom is 0.416 e. The average molecular weight is 297 g/mol. The number of anilines is 1. The lowest BCUT2D eigenvalue weighted by Gasteiger charge is -2.10. The van der Waals surface area contributed by atoms with Crippen molar-refractivity contribution in [3.8, 4) is 11.6 Å². The summed E-state index contributed by atoms with van der Waals surface area (Å²) in [4.78, 5) is 15.0. The zero-order chi connectivity index (χ0) is 15.6. The maximum absolute atomic E-state index is 12.4. The zero-order valence-electron chi connectivity index (χ0n) is 10.5. The number of alkyl halides is 3. The van der Waals surface area contributed by atoms with Crippen molar-refractivity contribution in [2.45, 2.75) is 6.18 Å². The van der Waals surface area contributed by atoms with Gasteiger partial charge in [0.15, 0.2) is 0 Å². The summed E-state index contributed by atoms with van der Waals surface area (Å²) < 4.78 is 42.6. The molecule has 5 nitrogen and oxygen atoms in total. The van der Waals surface area contributed by atoms with E-state index in [-0.39, 0.29) is 22.9 Å². The molecule has 0 radical (unpaired) electrons. The molecule has 1 heterocycles. The van der Waals surface area contributed by atoms with E-state index in [1.807, 2.05) is 0 Å². The number of ether oxygens (including phenoxy) is 1. The van der Waals surface area contributed by atoms with Crippen molar-refractivity contribution in [1.29, 1.82) is 0 Å². The number of rotatable bonds is 3. The van der Waals surface area contributed by atoms with Crippen molar-refractivity contribution >= 4 is 11.6 Å². The number of nitrogen functional groups attached to an aromatic ring is 1. The highest BCUT2D eigenvalue weighted by Crippen LogP contribution is 2.31. The normalized spacial score (nSPS) is 11.2. The van der Waals surface area contributed by atoms with Crippen molar-refractivity contribution in [2.24, 2.45) is 5.73 Å². The van der Waals surface area contributed by atoms with Crippen LogP contribution in [0.3, 0.4) is 0 Å². The minimum absolute atomic E-state index is 0.0603. The molecular weight excluding hydrogens is 287 g/mol. The molecular formula is C13H10F3N3O2. The fourth-order valence-electron chi connectivity index (χ4n) is 1.55. The van der Waals surface area contributed by atoms with E-state index in [1.165, 1.54) is 12.3 Å². The Morgan fingerprint density at radius 3 is 2.33 bits per heavy atom. The molecule has 1 amide bonds. The SMILES string of the molecule is NC(=O)c1cc(N)cnc1Oc1ccc(C(F)(F)F)cc1. The van der Waals surface area contributed by atoms with E-state index < -0.39 is 17.6 Å². The maximum atomic E-state index is 12.4. The summed E-state index contributed by atoms with van der Waals surface area (Å²) in [6, 6.07) is 5.22. The molecule has 110 valence electrons. The van der Waals surface area contributed by atoms with E-state index in [2.05, 4.69) is 4.98 Å². The summed E-state index contributed by atoms with van der Waals surface area (Å²) in [5.41, 5.74) is 9.97. The van der Waals surface area contributed by atoms with Crippen molar-refractivity contribution in [1.82, 2.24) is 4.98 Å². The first-order chi connectivity index (χ1) is 9.77. The first-order valence-electron chi connectivity index (χ1n) is 5.68. The number of pyridine rings is 1. The average Bonchev–Trinajstić information content (AvgIpc) is 2.40. The number of carbonyl (C=O) groups excluding carboxylic acids is 1. The molecule has 0 saturated carbocycles. The van der Waals surface area contributed by atoms with E-state index in [0.717, 1.165) is 24.3 Å². The molecule has 2 aromatic rings. The van der Waals surface area contributed by atoms with Gasteiger partial charge in [-0.05, 0) is 30.3 Å². The van der Waals surface area contributed by atoms with Gasteiger partial charge in [0.1, 0.15) is 11.3 Å². The molecule has 8 heteroatoms. The van der Waals surface area contributed by atoms with E-state index in [4.69, 9.17) is 16.2 Å². The first-order valence-corrected chi connectivity index (χ1v) is 5.68. The van der Waals surface area contributed by atoms with Crippen LogP contribution in [0.2, 0.25) is 0 Å². The fraction of sp³-hybridized carbons (Fsp3) is 0.0769. The molecule has 1 aromatic heterocycles. The number of aromatic nitrogens is 1. The van der Waals surface area contributed by atoms with E-state index in [9.17, 15) is 18.0 Å². The summed E-state index contributed by atoms with van der Waals surface area (Å²) in [7, 11) is 0. The highest BCUT2D eigenvalue weighted by atomic mass is 19.4. The van der Waals surface area contributed by atoms with Crippen LogP contribution in [-0.2, 0) is 6.18 Å². The highest BCUT2D eigenvalue weighted by Gasteiger charge is 2.30. The van der Waals surface area contributed by atoms with Gasteiger partial charge in [-0.3, -0.25) is 4.79 Å². The molecule has 4 N–H and O–H groups in total. The molecule has 21 heavy (non-hydrogen) atoms. The Balaban J connectivity index is 2.28. The summed E-state index contributed by atoms with van der Waals surface area (Å²) in [6.07, 6.45) is -3.19. The second-order valence-corrected chi connectivity index (χ2v) is 4.11. The Kier molecular flexibility index (Phi) is 3.70.